The molecule has 8 nitrogen and oxygen atoms in total. The maximum absolute atomic E-state index is 13.7. The Morgan fingerprint density at radius 2 is 1.74 bits per heavy atom. The Morgan fingerprint density at radius 3 is 2.44 bits per heavy atom. The van der Waals surface area contributed by atoms with Gasteiger partial charge in [0.1, 0.15) is 5.75 Å². The van der Waals surface area contributed by atoms with Crippen LogP contribution in [0.3, 0.4) is 0 Å². The number of nitrogens with zero attached hydrogens (tertiary/aromatic N) is 2. The lowest BCUT2D eigenvalue weighted by molar-refractivity contribution is -0.150. The molecule has 2 aliphatic rings. The lowest BCUT2D eigenvalue weighted by atomic mass is 9.82. The van der Waals surface area contributed by atoms with E-state index in [1.165, 1.54) is 0 Å². The van der Waals surface area contributed by atoms with Gasteiger partial charge < -0.3 is 23.8 Å². The number of hydrogen-bond acceptors (Lipinski definition) is 7. The minimum absolute atomic E-state index is 0.0804. The average molecular weight is 604 g/mol. The lowest BCUT2D eigenvalue weighted by Crippen LogP contribution is -2.42. The minimum Gasteiger partial charge on any atom is -0.497 e. The number of carbonyl (C=O) groups excluding carboxylic acids is 2. The summed E-state index contributed by atoms with van der Waals surface area (Å²) < 4.78 is 22.2. The highest BCUT2D eigenvalue weighted by Gasteiger charge is 2.49. The Morgan fingerprint density at radius 1 is 1.03 bits per heavy atom. The number of unbranched alkanes of at least 4 members (excludes halogenated alkanes) is 1. The van der Waals surface area contributed by atoms with Crippen LogP contribution in [-0.2, 0) is 14.3 Å². The highest BCUT2D eigenvalue weighted by Crippen LogP contribution is 2.48. The van der Waals surface area contributed by atoms with Gasteiger partial charge in [0.25, 0.3) is 0 Å². The molecule has 2 aromatic rings. The first-order chi connectivity index (χ1) is 19.0. The van der Waals surface area contributed by atoms with E-state index in [9.17, 15) is 9.59 Å². The van der Waals surface area contributed by atoms with Gasteiger partial charge in [-0.15, -0.1) is 0 Å². The fraction of sp³-hybridized carbons (Fsp3) is 0.533. The summed E-state index contributed by atoms with van der Waals surface area (Å²) in [5.74, 6) is 1.23. The van der Waals surface area contributed by atoms with E-state index in [4.69, 9.17) is 18.9 Å². The van der Waals surface area contributed by atoms with Crippen molar-refractivity contribution >= 4 is 27.8 Å². The van der Waals surface area contributed by atoms with Crippen LogP contribution >= 0.6 is 15.9 Å². The number of ether oxygens (including phenoxy) is 4. The second-order valence-electron chi connectivity index (χ2n) is 9.92. The van der Waals surface area contributed by atoms with Gasteiger partial charge in [-0.2, -0.15) is 0 Å². The van der Waals surface area contributed by atoms with Gasteiger partial charge in [-0.25, -0.2) is 0 Å². The number of esters is 1. The number of hydrogen-bond donors (Lipinski definition) is 0. The minimum atomic E-state index is -0.502. The molecule has 2 aliphatic heterocycles. The highest BCUT2D eigenvalue weighted by atomic mass is 79.9. The van der Waals surface area contributed by atoms with Gasteiger partial charge in [0.05, 0.1) is 26.2 Å². The van der Waals surface area contributed by atoms with Gasteiger partial charge in [0, 0.05) is 36.9 Å². The molecular weight excluding hydrogens is 564 g/mol. The number of alkyl halides is 1. The van der Waals surface area contributed by atoms with E-state index in [2.05, 4.69) is 27.8 Å². The number of likely N-dealkylation sites (tertiary alicyclic amines) is 1. The zero-order valence-corrected chi connectivity index (χ0v) is 24.7. The first kappa shape index (κ1) is 29.2. The number of carbonyl (C=O) groups is 2. The van der Waals surface area contributed by atoms with Crippen LogP contribution < -0.4 is 14.2 Å². The highest BCUT2D eigenvalue weighted by molar-refractivity contribution is 9.09. The molecule has 212 valence electrons. The molecule has 2 aromatic carbocycles. The molecule has 0 saturated carbocycles. The zero-order valence-electron chi connectivity index (χ0n) is 23.1. The molecule has 0 N–H and O–H groups in total. The Bertz CT molecular complexity index is 1100. The summed E-state index contributed by atoms with van der Waals surface area (Å²) in [4.78, 5) is 31.4. The van der Waals surface area contributed by atoms with Crippen molar-refractivity contribution in [3.05, 3.63) is 53.6 Å². The van der Waals surface area contributed by atoms with E-state index in [0.717, 1.165) is 48.0 Å². The largest absolute Gasteiger partial charge is 0.497 e. The third-order valence-corrected chi connectivity index (χ3v) is 8.03. The summed E-state index contributed by atoms with van der Waals surface area (Å²) in [7, 11) is 1.63. The van der Waals surface area contributed by atoms with Gasteiger partial charge in [-0.05, 0) is 55.2 Å². The third-order valence-electron chi connectivity index (χ3n) is 7.47. The van der Waals surface area contributed by atoms with Crippen LogP contribution in [-0.4, -0.2) is 73.7 Å². The summed E-state index contributed by atoms with van der Waals surface area (Å²) in [6.07, 6.45) is 2.87. The molecule has 0 aromatic heterocycles. The van der Waals surface area contributed by atoms with Crippen LogP contribution in [0.2, 0.25) is 0 Å². The number of fused-ring (bicyclic) bond motifs is 1. The predicted octanol–water partition coefficient (Wildman–Crippen LogP) is 5.16. The van der Waals surface area contributed by atoms with Gasteiger partial charge >= 0.3 is 5.97 Å². The van der Waals surface area contributed by atoms with Crippen LogP contribution in [0.25, 0.3) is 0 Å². The molecule has 2 heterocycles. The first-order valence-corrected chi connectivity index (χ1v) is 14.9. The first-order valence-electron chi connectivity index (χ1n) is 13.8. The number of rotatable bonds is 13. The van der Waals surface area contributed by atoms with Crippen LogP contribution in [0.5, 0.6) is 17.2 Å². The second kappa shape index (κ2) is 14.0. The van der Waals surface area contributed by atoms with Crippen molar-refractivity contribution in [2.75, 3.05) is 52.0 Å². The predicted molar refractivity (Wildman–Crippen MR) is 153 cm³/mol. The molecule has 0 spiro atoms. The smallest absolute Gasteiger partial charge is 0.311 e. The van der Waals surface area contributed by atoms with Crippen molar-refractivity contribution in [3.63, 3.8) is 0 Å². The van der Waals surface area contributed by atoms with Crippen molar-refractivity contribution in [1.29, 1.82) is 0 Å². The molecular formula is C30H39BrN2O6. The third kappa shape index (κ3) is 6.87. The van der Waals surface area contributed by atoms with Crippen molar-refractivity contribution in [2.45, 2.75) is 45.1 Å². The van der Waals surface area contributed by atoms with E-state index < -0.39 is 5.92 Å². The molecule has 9 heteroatoms. The Hall–Kier alpha value is -2.78. The van der Waals surface area contributed by atoms with Crippen molar-refractivity contribution < 1.29 is 28.5 Å². The molecule has 0 radical (unpaired) electrons. The lowest BCUT2D eigenvalue weighted by Gasteiger charge is -2.30. The Kier molecular flexibility index (Phi) is 10.5. The molecule has 3 atom stereocenters. The van der Waals surface area contributed by atoms with Gasteiger partial charge in [0.2, 0.25) is 12.7 Å². The molecule has 3 unspecified atom stereocenters. The van der Waals surface area contributed by atoms with Crippen LogP contribution in [0, 0.1) is 5.92 Å². The molecule has 0 aliphatic carbocycles. The monoisotopic (exact) mass is 602 g/mol. The molecule has 4 rings (SSSR count). The van der Waals surface area contributed by atoms with E-state index in [1.54, 1.807) is 7.11 Å². The fourth-order valence-corrected chi connectivity index (χ4v) is 5.78. The van der Waals surface area contributed by atoms with Crippen LogP contribution in [0.4, 0.5) is 0 Å². The second-order valence-corrected chi connectivity index (χ2v) is 10.7. The molecule has 1 saturated heterocycles. The fourth-order valence-electron chi connectivity index (χ4n) is 5.53. The summed E-state index contributed by atoms with van der Waals surface area (Å²) in [6, 6.07) is 13.3. The maximum atomic E-state index is 13.7. The number of benzene rings is 2. The van der Waals surface area contributed by atoms with E-state index >= 15 is 0 Å². The van der Waals surface area contributed by atoms with Gasteiger partial charge in [0.15, 0.2) is 11.5 Å². The van der Waals surface area contributed by atoms with Crippen molar-refractivity contribution in [3.8, 4) is 17.2 Å². The van der Waals surface area contributed by atoms with Crippen molar-refractivity contribution in [1.82, 2.24) is 9.80 Å². The zero-order chi connectivity index (χ0) is 27.8. The van der Waals surface area contributed by atoms with E-state index in [0.29, 0.717) is 24.6 Å². The maximum Gasteiger partial charge on any atom is 0.311 e. The number of amides is 1. The van der Waals surface area contributed by atoms with Crippen LogP contribution in [0.15, 0.2) is 42.5 Å². The standard InChI is InChI=1S/C30H39BrN2O6/c1-4-6-15-32(16-7-14-31)27(34)19-33-18-24(22-10-13-25-26(17-22)39-20-38-25)28(30(35)37-5-2)29(33)21-8-11-23(36-3)12-9-21/h8-13,17,24,28-29H,4-7,14-16,18-20H2,1-3H3. The van der Waals surface area contributed by atoms with E-state index in [1.807, 2.05) is 54.3 Å². The SMILES string of the molecule is CCCCN(CCCBr)C(=O)CN1CC(c2ccc3c(c2)OCO3)C(C(=O)OCC)C1c1ccc(OC)cc1. The molecule has 39 heavy (non-hydrogen) atoms. The number of methoxy groups -OCH3 is 1. The van der Waals surface area contributed by atoms with Crippen LogP contribution in [0.1, 0.15) is 56.2 Å². The normalized spacial score (nSPS) is 20.2. The Labute approximate surface area is 239 Å². The Balaban J connectivity index is 1.71. The summed E-state index contributed by atoms with van der Waals surface area (Å²) in [6.45, 7) is 6.62. The van der Waals surface area contributed by atoms with Gasteiger partial charge in [-0.3, -0.25) is 14.5 Å². The summed E-state index contributed by atoms with van der Waals surface area (Å²) in [5.41, 5.74) is 1.92. The number of halogens is 1. The van der Waals surface area contributed by atoms with Crippen molar-refractivity contribution in [2.24, 2.45) is 5.92 Å². The quantitative estimate of drug-likeness (QED) is 0.231. The topological polar surface area (TPSA) is 77.5 Å². The van der Waals surface area contributed by atoms with Gasteiger partial charge in [-0.1, -0.05) is 47.5 Å². The summed E-state index contributed by atoms with van der Waals surface area (Å²) >= 11 is 3.50. The molecule has 1 fully saturated rings. The van der Waals surface area contributed by atoms with E-state index in [-0.39, 0.29) is 43.8 Å². The average Bonchev–Trinajstić information content (AvgIpc) is 3.57. The molecule has 0 bridgehead atoms. The molecule has 1 amide bonds. The summed E-state index contributed by atoms with van der Waals surface area (Å²) in [5, 5.41) is 0.845.